The molecule has 1 aromatic rings. The normalized spacial score (nSPS) is 18.2. The number of hydrogen-bond donors (Lipinski definition) is 1. The molecule has 1 fully saturated rings. The van der Waals surface area contributed by atoms with E-state index in [1.165, 1.54) is 18.4 Å². The first-order chi connectivity index (χ1) is 10.3. The van der Waals surface area contributed by atoms with Gasteiger partial charge in [0.1, 0.15) is 0 Å². The summed E-state index contributed by atoms with van der Waals surface area (Å²) >= 11 is 0. The summed E-state index contributed by atoms with van der Waals surface area (Å²) in [6.45, 7) is 3.30. The Labute approximate surface area is 139 Å². The number of anilines is 2. The number of nitrogens with zero attached hydrogens (tertiary/aromatic N) is 2. The summed E-state index contributed by atoms with van der Waals surface area (Å²) in [5.41, 5.74) is 9.31. The average molecular weight is 324 g/mol. The monoisotopic (exact) mass is 323 g/mol. The van der Waals surface area contributed by atoms with Crippen molar-refractivity contribution in [2.24, 2.45) is 0 Å². The van der Waals surface area contributed by atoms with E-state index < -0.39 is 0 Å². The molecule has 0 spiro atoms. The number of rotatable bonds is 2. The van der Waals surface area contributed by atoms with Crippen molar-refractivity contribution in [3.05, 3.63) is 23.8 Å². The molecule has 3 rings (SSSR count). The Morgan fingerprint density at radius 1 is 1.05 bits per heavy atom. The van der Waals surface area contributed by atoms with Crippen LogP contribution in [0.5, 0.6) is 0 Å². The molecule has 0 unspecified atom stereocenters. The van der Waals surface area contributed by atoms with E-state index >= 15 is 0 Å². The summed E-state index contributed by atoms with van der Waals surface area (Å²) in [6.07, 6.45) is 6.91. The molecule has 5 heteroatoms. The molecule has 2 aliphatic rings. The van der Waals surface area contributed by atoms with Crippen molar-refractivity contribution in [2.75, 3.05) is 36.8 Å². The van der Waals surface area contributed by atoms with Crippen LogP contribution in [0.3, 0.4) is 0 Å². The van der Waals surface area contributed by atoms with Gasteiger partial charge < -0.3 is 15.5 Å². The van der Waals surface area contributed by atoms with Crippen LogP contribution in [-0.2, 0) is 11.2 Å². The van der Waals surface area contributed by atoms with Gasteiger partial charge in [-0.2, -0.15) is 0 Å². The molecule has 2 aliphatic heterocycles. The highest BCUT2D eigenvalue weighted by atomic mass is 35.5. The SMILES string of the molecule is Cl.Nc1cccc2c1CCCN2CC(=O)N1CCCCCC1. The number of amides is 1. The van der Waals surface area contributed by atoms with Crippen molar-refractivity contribution in [3.63, 3.8) is 0 Å². The van der Waals surface area contributed by atoms with Gasteiger partial charge >= 0.3 is 0 Å². The molecule has 0 bridgehead atoms. The smallest absolute Gasteiger partial charge is 0.242 e. The maximum Gasteiger partial charge on any atom is 0.242 e. The van der Waals surface area contributed by atoms with E-state index in [-0.39, 0.29) is 18.3 Å². The standard InChI is InChI=1S/C17H25N3O.ClH/c18-15-8-5-9-16-14(15)7-6-12-20(16)13-17(21)19-10-3-1-2-4-11-19;/h5,8-9H,1-4,6-7,10-13,18H2;1H. The average Bonchev–Trinajstić information content (AvgIpc) is 2.77. The van der Waals surface area contributed by atoms with Crippen LogP contribution in [0.2, 0.25) is 0 Å². The van der Waals surface area contributed by atoms with E-state index in [1.54, 1.807) is 0 Å². The van der Waals surface area contributed by atoms with Crippen LogP contribution in [0.25, 0.3) is 0 Å². The second-order valence-electron chi connectivity index (χ2n) is 6.17. The summed E-state index contributed by atoms with van der Waals surface area (Å²) in [6, 6.07) is 6.04. The number of halogens is 1. The Hall–Kier alpha value is -1.42. The van der Waals surface area contributed by atoms with Gasteiger partial charge in [-0.05, 0) is 43.4 Å². The van der Waals surface area contributed by atoms with Gasteiger partial charge in [0.2, 0.25) is 5.91 Å². The van der Waals surface area contributed by atoms with Crippen molar-refractivity contribution < 1.29 is 4.79 Å². The lowest BCUT2D eigenvalue weighted by atomic mass is 10.00. The summed E-state index contributed by atoms with van der Waals surface area (Å²) in [7, 11) is 0. The Morgan fingerprint density at radius 3 is 2.50 bits per heavy atom. The first-order valence-corrected chi connectivity index (χ1v) is 8.16. The predicted molar refractivity (Wildman–Crippen MR) is 93.7 cm³/mol. The molecule has 0 radical (unpaired) electrons. The van der Waals surface area contributed by atoms with Gasteiger partial charge in [0.25, 0.3) is 0 Å². The van der Waals surface area contributed by atoms with Gasteiger partial charge in [-0.3, -0.25) is 4.79 Å². The predicted octanol–water partition coefficient (Wildman–Crippen LogP) is 2.85. The van der Waals surface area contributed by atoms with Gasteiger partial charge in [-0.25, -0.2) is 0 Å². The van der Waals surface area contributed by atoms with Crippen molar-refractivity contribution in [3.8, 4) is 0 Å². The van der Waals surface area contributed by atoms with Crippen molar-refractivity contribution >= 4 is 29.7 Å². The van der Waals surface area contributed by atoms with Gasteiger partial charge in [0.15, 0.2) is 0 Å². The number of benzene rings is 1. The highest BCUT2D eigenvalue weighted by molar-refractivity contribution is 5.85. The quantitative estimate of drug-likeness (QED) is 0.851. The van der Waals surface area contributed by atoms with Gasteiger partial charge in [-0.1, -0.05) is 18.9 Å². The van der Waals surface area contributed by atoms with Crippen LogP contribution in [0.4, 0.5) is 11.4 Å². The molecular formula is C17H26ClN3O. The zero-order valence-electron chi connectivity index (χ0n) is 13.1. The number of carbonyl (C=O) groups excluding carboxylic acids is 1. The van der Waals surface area contributed by atoms with Crippen LogP contribution in [0.1, 0.15) is 37.7 Å². The zero-order chi connectivity index (χ0) is 14.7. The molecule has 2 heterocycles. The fraction of sp³-hybridized carbons (Fsp3) is 0.588. The van der Waals surface area contributed by atoms with Gasteiger partial charge in [0, 0.05) is 31.0 Å². The second kappa shape index (κ2) is 7.73. The number of fused-ring (bicyclic) bond motifs is 1. The lowest BCUT2D eigenvalue weighted by molar-refractivity contribution is -0.129. The van der Waals surface area contributed by atoms with Gasteiger partial charge in [0.05, 0.1) is 6.54 Å². The Kier molecular flexibility index (Phi) is 5.95. The first kappa shape index (κ1) is 16.9. The molecule has 1 saturated heterocycles. The molecule has 22 heavy (non-hydrogen) atoms. The molecule has 4 nitrogen and oxygen atoms in total. The van der Waals surface area contributed by atoms with Crippen LogP contribution in [0, 0.1) is 0 Å². The summed E-state index contributed by atoms with van der Waals surface area (Å²) < 4.78 is 0. The molecule has 0 saturated carbocycles. The minimum atomic E-state index is 0. The third kappa shape index (κ3) is 3.67. The Morgan fingerprint density at radius 2 is 1.77 bits per heavy atom. The molecular weight excluding hydrogens is 298 g/mol. The minimum absolute atomic E-state index is 0. The maximum atomic E-state index is 12.6. The lowest BCUT2D eigenvalue weighted by Crippen LogP contribution is -2.42. The molecule has 1 amide bonds. The fourth-order valence-electron chi connectivity index (χ4n) is 3.48. The summed E-state index contributed by atoms with van der Waals surface area (Å²) in [5.74, 6) is 0.271. The molecule has 2 N–H and O–H groups in total. The third-order valence-corrected chi connectivity index (χ3v) is 4.67. The van der Waals surface area contributed by atoms with E-state index in [9.17, 15) is 4.79 Å². The van der Waals surface area contributed by atoms with Crippen molar-refractivity contribution in [1.29, 1.82) is 0 Å². The minimum Gasteiger partial charge on any atom is -0.398 e. The third-order valence-electron chi connectivity index (χ3n) is 4.67. The van der Waals surface area contributed by atoms with Crippen LogP contribution in [-0.4, -0.2) is 37.0 Å². The molecule has 0 aliphatic carbocycles. The highest BCUT2D eigenvalue weighted by Gasteiger charge is 2.23. The van der Waals surface area contributed by atoms with E-state index in [0.717, 1.165) is 56.7 Å². The fourth-order valence-corrected chi connectivity index (χ4v) is 3.48. The number of nitrogen functional groups attached to an aromatic ring is 1. The highest BCUT2D eigenvalue weighted by Crippen LogP contribution is 2.31. The number of hydrogen-bond acceptors (Lipinski definition) is 3. The van der Waals surface area contributed by atoms with Crippen LogP contribution in [0.15, 0.2) is 18.2 Å². The molecule has 1 aromatic carbocycles. The van der Waals surface area contributed by atoms with Crippen LogP contribution < -0.4 is 10.6 Å². The largest absolute Gasteiger partial charge is 0.398 e. The Bertz CT molecular complexity index is 513. The zero-order valence-corrected chi connectivity index (χ0v) is 13.9. The van der Waals surface area contributed by atoms with Gasteiger partial charge in [-0.15, -0.1) is 12.4 Å². The second-order valence-corrected chi connectivity index (χ2v) is 6.17. The van der Waals surface area contributed by atoms with E-state index in [0.29, 0.717) is 6.54 Å². The first-order valence-electron chi connectivity index (χ1n) is 8.16. The number of likely N-dealkylation sites (tertiary alicyclic amines) is 1. The Balaban J connectivity index is 0.00000176. The lowest BCUT2D eigenvalue weighted by Gasteiger charge is -2.33. The van der Waals surface area contributed by atoms with Crippen molar-refractivity contribution in [1.82, 2.24) is 4.90 Å². The maximum absolute atomic E-state index is 12.6. The molecule has 122 valence electrons. The van der Waals surface area contributed by atoms with Crippen LogP contribution >= 0.6 is 12.4 Å². The number of carbonyl (C=O) groups is 1. The van der Waals surface area contributed by atoms with E-state index in [1.807, 2.05) is 17.0 Å². The number of nitrogens with two attached hydrogens (primary N) is 1. The topological polar surface area (TPSA) is 49.6 Å². The summed E-state index contributed by atoms with van der Waals surface area (Å²) in [5, 5.41) is 0. The van der Waals surface area contributed by atoms with E-state index in [4.69, 9.17) is 5.73 Å². The van der Waals surface area contributed by atoms with Crippen molar-refractivity contribution in [2.45, 2.75) is 38.5 Å². The molecule has 0 aromatic heterocycles. The summed E-state index contributed by atoms with van der Waals surface area (Å²) in [4.78, 5) is 16.8. The molecule has 0 atom stereocenters. The van der Waals surface area contributed by atoms with E-state index in [2.05, 4.69) is 11.0 Å².